The van der Waals surface area contributed by atoms with Crippen molar-refractivity contribution in [1.82, 2.24) is 15.1 Å². The van der Waals surface area contributed by atoms with E-state index >= 15 is 0 Å². The van der Waals surface area contributed by atoms with Crippen LogP contribution in [0.4, 0.5) is 0 Å². The van der Waals surface area contributed by atoms with Gasteiger partial charge in [0.05, 0.1) is 30.7 Å². The maximum absolute atomic E-state index is 14.8. The fourth-order valence-electron chi connectivity index (χ4n) is 7.39. The molecular weight excluding hydrogens is 574 g/mol. The van der Waals surface area contributed by atoms with E-state index in [2.05, 4.69) is 5.32 Å². The van der Waals surface area contributed by atoms with E-state index in [1.807, 2.05) is 77.1 Å². The molecule has 0 aromatic heterocycles. The number of rotatable bonds is 5. The summed E-state index contributed by atoms with van der Waals surface area (Å²) >= 11 is 0. The number of nitrogens with one attached hydrogen (secondary N) is 1. The molecule has 4 aliphatic rings. The quantitative estimate of drug-likeness (QED) is 0.382. The van der Waals surface area contributed by atoms with Crippen molar-refractivity contribution in [2.45, 2.75) is 102 Å². The van der Waals surface area contributed by atoms with Crippen LogP contribution in [0.5, 0.6) is 0 Å². The van der Waals surface area contributed by atoms with Crippen molar-refractivity contribution in [3.63, 3.8) is 0 Å². The minimum absolute atomic E-state index is 0.121. The summed E-state index contributed by atoms with van der Waals surface area (Å²) in [6.07, 6.45) is 7.06. The zero-order chi connectivity index (χ0) is 32.7. The number of ether oxygens (including phenoxy) is 2. The number of benzene rings is 1. The predicted octanol–water partition coefficient (Wildman–Crippen LogP) is 3.31. The van der Waals surface area contributed by atoms with Crippen LogP contribution in [0, 0.1) is 17.8 Å². The molecule has 4 aliphatic heterocycles. The lowest BCUT2D eigenvalue weighted by Gasteiger charge is -2.44. The summed E-state index contributed by atoms with van der Waals surface area (Å²) in [6.45, 7) is 11.4. The summed E-state index contributed by atoms with van der Waals surface area (Å²) < 4.78 is 12.8. The third kappa shape index (κ3) is 5.83. The Kier molecular flexibility index (Phi) is 9.29. The summed E-state index contributed by atoms with van der Waals surface area (Å²) in [4.78, 5) is 59.7. The van der Waals surface area contributed by atoms with Crippen molar-refractivity contribution < 1.29 is 33.8 Å². The van der Waals surface area contributed by atoms with E-state index in [-0.39, 0.29) is 37.3 Å². The van der Waals surface area contributed by atoms with Gasteiger partial charge in [0, 0.05) is 18.5 Å². The van der Waals surface area contributed by atoms with Crippen molar-refractivity contribution in [3.05, 3.63) is 60.2 Å². The largest absolute Gasteiger partial charge is 0.455 e. The van der Waals surface area contributed by atoms with Gasteiger partial charge in [-0.3, -0.25) is 19.2 Å². The standard InChI is InChI=1S/C35H47N3O7/c1-7-21(2)24(20-39)38-30-32(42)37(34(4,5)6)19-13-9-12-16-26(40)36-22(3)29(23-14-10-8-11-15-23)44-33(43)27-25-17-18-35(30,45-25)28(27)31(38)41/h8-11,13-15,17-18,21-22,24-25,27-30,39H,7,12,16,19-20H2,1-6H3,(H,36,40)/b13-9-/t21-,22+,24-,25-,27+,28+,29-,30-,35+/m0/s1. The maximum atomic E-state index is 14.8. The van der Waals surface area contributed by atoms with Crippen molar-refractivity contribution in [2.75, 3.05) is 13.2 Å². The Morgan fingerprint density at radius 1 is 1.09 bits per heavy atom. The number of cyclic esters (lactones) is 1. The normalized spacial score (nSPS) is 34.4. The number of esters is 1. The molecule has 1 aromatic carbocycles. The molecule has 0 aliphatic carbocycles. The molecule has 1 aromatic rings. The molecule has 4 heterocycles. The second-order valence-corrected chi connectivity index (χ2v) is 13.8. The van der Waals surface area contributed by atoms with Crippen LogP contribution in [0.3, 0.4) is 0 Å². The van der Waals surface area contributed by atoms with Gasteiger partial charge in [-0.25, -0.2) is 0 Å². The van der Waals surface area contributed by atoms with Gasteiger partial charge in [0.15, 0.2) is 0 Å². The first-order valence-electron chi connectivity index (χ1n) is 16.2. The van der Waals surface area contributed by atoms with Gasteiger partial charge < -0.3 is 29.7 Å². The van der Waals surface area contributed by atoms with Crippen LogP contribution in [-0.2, 0) is 28.7 Å². The van der Waals surface area contributed by atoms with Gasteiger partial charge in [0.1, 0.15) is 23.7 Å². The summed E-state index contributed by atoms with van der Waals surface area (Å²) in [5.41, 5.74) is -1.32. The molecule has 0 saturated carbocycles. The van der Waals surface area contributed by atoms with Crippen LogP contribution in [0.2, 0.25) is 0 Å². The van der Waals surface area contributed by atoms with Gasteiger partial charge in [-0.05, 0) is 45.6 Å². The number of nitrogens with zero attached hydrogens (tertiary/aromatic N) is 2. The topological polar surface area (TPSA) is 125 Å². The van der Waals surface area contributed by atoms with Gasteiger partial charge in [0.2, 0.25) is 17.7 Å². The number of carbonyl (C=O) groups excluding carboxylic acids is 4. The number of allylic oxidation sites excluding steroid dienone is 1. The fraction of sp³-hybridized carbons (Fsp3) is 0.600. The van der Waals surface area contributed by atoms with Gasteiger partial charge in [-0.15, -0.1) is 0 Å². The molecule has 5 rings (SSSR count). The van der Waals surface area contributed by atoms with Gasteiger partial charge in [-0.1, -0.05) is 74.9 Å². The first-order chi connectivity index (χ1) is 21.4. The molecule has 9 atom stereocenters. The zero-order valence-electron chi connectivity index (χ0n) is 27.1. The zero-order valence-corrected chi connectivity index (χ0v) is 27.1. The lowest BCUT2D eigenvalue weighted by molar-refractivity contribution is -0.162. The highest BCUT2D eigenvalue weighted by molar-refractivity contribution is 5.99. The second-order valence-electron chi connectivity index (χ2n) is 13.8. The minimum atomic E-state index is -1.40. The minimum Gasteiger partial charge on any atom is -0.455 e. The smallest absolute Gasteiger partial charge is 0.313 e. The maximum Gasteiger partial charge on any atom is 0.313 e. The number of likely N-dealkylation sites (tertiary alicyclic amines) is 1. The molecule has 2 fully saturated rings. The first-order valence-corrected chi connectivity index (χ1v) is 16.2. The van der Waals surface area contributed by atoms with E-state index in [0.29, 0.717) is 18.4 Å². The molecule has 45 heavy (non-hydrogen) atoms. The van der Waals surface area contributed by atoms with Gasteiger partial charge >= 0.3 is 5.97 Å². The first kappa shape index (κ1) is 32.9. The summed E-state index contributed by atoms with van der Waals surface area (Å²) in [5.74, 6) is -3.67. The molecule has 0 radical (unpaired) electrons. The Labute approximate surface area is 265 Å². The Morgan fingerprint density at radius 3 is 2.44 bits per heavy atom. The highest BCUT2D eigenvalue weighted by Gasteiger charge is 2.74. The fourth-order valence-corrected chi connectivity index (χ4v) is 7.39. The monoisotopic (exact) mass is 621 g/mol. The Hall–Kier alpha value is -3.50. The van der Waals surface area contributed by atoms with Crippen molar-refractivity contribution in [1.29, 1.82) is 0 Å². The summed E-state index contributed by atoms with van der Waals surface area (Å²) in [5, 5.41) is 13.6. The highest BCUT2D eigenvalue weighted by Crippen LogP contribution is 2.57. The predicted molar refractivity (Wildman–Crippen MR) is 167 cm³/mol. The van der Waals surface area contributed by atoms with Gasteiger partial charge in [0.25, 0.3) is 0 Å². The molecule has 10 heteroatoms. The van der Waals surface area contributed by atoms with Crippen LogP contribution >= 0.6 is 0 Å². The van der Waals surface area contributed by atoms with Gasteiger partial charge in [-0.2, -0.15) is 0 Å². The lowest BCUT2D eigenvalue weighted by atomic mass is 9.74. The number of fused-ring (bicyclic) bond motifs is 2. The summed E-state index contributed by atoms with van der Waals surface area (Å²) in [6, 6.07) is 6.90. The van der Waals surface area contributed by atoms with Crippen molar-refractivity contribution >= 4 is 23.7 Å². The Morgan fingerprint density at radius 2 is 1.80 bits per heavy atom. The number of aliphatic hydroxyl groups excluding tert-OH is 1. The average molecular weight is 622 g/mol. The molecule has 0 unspecified atom stereocenters. The molecule has 2 saturated heterocycles. The third-order valence-corrected chi connectivity index (χ3v) is 9.95. The van der Waals surface area contributed by atoms with E-state index in [1.54, 1.807) is 24.0 Å². The van der Waals surface area contributed by atoms with Crippen LogP contribution in [0.1, 0.15) is 72.5 Å². The summed E-state index contributed by atoms with van der Waals surface area (Å²) in [7, 11) is 0. The van der Waals surface area contributed by atoms with Crippen LogP contribution < -0.4 is 5.32 Å². The van der Waals surface area contributed by atoms with E-state index in [0.717, 1.165) is 0 Å². The third-order valence-electron chi connectivity index (χ3n) is 9.95. The van der Waals surface area contributed by atoms with E-state index in [4.69, 9.17) is 9.47 Å². The van der Waals surface area contributed by atoms with E-state index < -0.39 is 65.2 Å². The van der Waals surface area contributed by atoms with E-state index in [1.165, 1.54) is 4.90 Å². The molecule has 1 spiro atoms. The number of carbonyl (C=O) groups is 4. The number of aliphatic hydroxyl groups is 1. The number of hydrogen-bond donors (Lipinski definition) is 2. The second kappa shape index (κ2) is 12.7. The molecule has 2 N–H and O–H groups in total. The van der Waals surface area contributed by atoms with Crippen molar-refractivity contribution in [2.24, 2.45) is 17.8 Å². The SMILES string of the molecule is CC[C@H](C)[C@H](CO)N1C(=O)[C@H]2[C@@H]3C(=O)O[C@H](c4ccccc4)[C@@H](C)NC(=O)CC/C=C\CN(C(C)(C)C)C(=O)[C@H]1[C@@]21C=C[C@@H]3O1. The van der Waals surface area contributed by atoms with Crippen LogP contribution in [0.25, 0.3) is 0 Å². The molecule has 10 nitrogen and oxygen atoms in total. The number of amides is 3. The van der Waals surface area contributed by atoms with Crippen LogP contribution in [-0.4, -0.2) is 87.1 Å². The number of hydrogen-bond acceptors (Lipinski definition) is 7. The lowest BCUT2D eigenvalue weighted by Crippen LogP contribution is -2.62. The Balaban J connectivity index is 1.64. The van der Waals surface area contributed by atoms with Crippen LogP contribution in [0.15, 0.2) is 54.6 Å². The average Bonchev–Trinajstić information content (AvgIpc) is 3.64. The molecule has 3 amide bonds. The highest BCUT2D eigenvalue weighted by atomic mass is 16.6. The molecular formula is C35H47N3O7. The Bertz CT molecular complexity index is 1350. The molecule has 244 valence electrons. The molecule has 5 bridgehead atoms. The van der Waals surface area contributed by atoms with E-state index in [9.17, 15) is 24.3 Å². The van der Waals surface area contributed by atoms with Crippen molar-refractivity contribution in [3.8, 4) is 0 Å².